The molecule has 0 aromatic heterocycles. The molecule has 2 aliphatic heterocycles. The van der Waals surface area contributed by atoms with Crippen molar-refractivity contribution < 1.29 is 17.9 Å². The van der Waals surface area contributed by atoms with Crippen LogP contribution >= 0.6 is 11.8 Å². The van der Waals surface area contributed by atoms with Crippen LogP contribution in [0.5, 0.6) is 0 Å². The Bertz CT molecular complexity index is 782. The molecule has 0 radical (unpaired) electrons. The topological polar surface area (TPSA) is 21.3 Å². The monoisotopic (exact) mass is 393 g/mol. The van der Waals surface area contributed by atoms with Crippen molar-refractivity contribution in [3.05, 3.63) is 65.7 Å². The fraction of sp³-hybridized carbons (Fsp3) is 0.429. The van der Waals surface area contributed by atoms with Gasteiger partial charge in [-0.3, -0.25) is 0 Å². The molecular weight excluding hydrogens is 371 g/mol. The van der Waals surface area contributed by atoms with Crippen LogP contribution in [-0.2, 0) is 4.74 Å². The lowest BCUT2D eigenvalue weighted by atomic mass is 9.77. The number of thioether (sulfide) groups is 1. The summed E-state index contributed by atoms with van der Waals surface area (Å²) in [4.78, 5) is 0.288. The van der Waals surface area contributed by atoms with Gasteiger partial charge in [0, 0.05) is 10.8 Å². The minimum Gasteiger partial charge on any atom is -0.372 e. The molecule has 2 nitrogen and oxygen atoms in total. The summed E-state index contributed by atoms with van der Waals surface area (Å²) in [6.07, 6.45) is 2.66. The Morgan fingerprint density at radius 3 is 2.56 bits per heavy atom. The van der Waals surface area contributed by atoms with E-state index in [0.717, 1.165) is 31.4 Å². The Morgan fingerprint density at radius 1 is 1.04 bits per heavy atom. The second-order valence-corrected chi connectivity index (χ2v) is 8.37. The average molecular weight is 393 g/mol. The van der Waals surface area contributed by atoms with E-state index in [9.17, 15) is 13.2 Å². The Labute approximate surface area is 161 Å². The van der Waals surface area contributed by atoms with Crippen molar-refractivity contribution in [3.63, 3.8) is 0 Å². The zero-order valence-corrected chi connectivity index (χ0v) is 15.7. The highest BCUT2D eigenvalue weighted by Crippen LogP contribution is 2.50. The highest BCUT2D eigenvalue weighted by molar-refractivity contribution is 8.00. The van der Waals surface area contributed by atoms with Gasteiger partial charge in [-0.1, -0.05) is 48.5 Å². The van der Waals surface area contributed by atoms with Crippen molar-refractivity contribution in [2.24, 2.45) is 0 Å². The second kappa shape index (κ2) is 7.49. The highest BCUT2D eigenvalue weighted by atomic mass is 32.2. The summed E-state index contributed by atoms with van der Waals surface area (Å²) < 4.78 is 45.2. The largest absolute Gasteiger partial charge is 0.446 e. The van der Waals surface area contributed by atoms with Crippen molar-refractivity contribution in [1.29, 1.82) is 0 Å². The molecule has 2 fully saturated rings. The van der Waals surface area contributed by atoms with E-state index in [1.54, 1.807) is 12.1 Å². The third kappa shape index (κ3) is 4.03. The Morgan fingerprint density at radius 2 is 1.78 bits per heavy atom. The normalized spacial score (nSPS) is 28.6. The van der Waals surface area contributed by atoms with Crippen LogP contribution in [0.3, 0.4) is 0 Å². The van der Waals surface area contributed by atoms with Crippen LogP contribution in [0, 0.1) is 0 Å². The maximum Gasteiger partial charge on any atom is 0.446 e. The Kier molecular flexibility index (Phi) is 5.23. The van der Waals surface area contributed by atoms with Crippen LogP contribution in [0.15, 0.2) is 59.5 Å². The molecular formula is C21H22F3NOS. The van der Waals surface area contributed by atoms with E-state index in [0.29, 0.717) is 6.61 Å². The first-order valence-corrected chi connectivity index (χ1v) is 10.1. The van der Waals surface area contributed by atoms with Crippen molar-refractivity contribution >= 4 is 11.8 Å². The molecule has 2 aromatic carbocycles. The predicted molar refractivity (Wildman–Crippen MR) is 101 cm³/mol. The van der Waals surface area contributed by atoms with Crippen LogP contribution < -0.4 is 5.32 Å². The predicted octanol–water partition coefficient (Wildman–Crippen LogP) is 5.67. The lowest BCUT2D eigenvalue weighted by Crippen LogP contribution is -2.48. The van der Waals surface area contributed by atoms with Crippen LogP contribution in [-0.4, -0.2) is 24.3 Å². The van der Waals surface area contributed by atoms with E-state index in [1.165, 1.54) is 5.56 Å². The van der Waals surface area contributed by atoms with E-state index in [-0.39, 0.29) is 34.2 Å². The van der Waals surface area contributed by atoms with Crippen molar-refractivity contribution in [2.75, 3.05) is 13.2 Å². The van der Waals surface area contributed by atoms with Gasteiger partial charge in [-0.05, 0) is 54.8 Å². The summed E-state index contributed by atoms with van der Waals surface area (Å²) >= 11 is -0.0247. The number of nitrogens with one attached hydrogen (secondary N) is 1. The summed E-state index contributed by atoms with van der Waals surface area (Å²) in [5, 5.41) is 3.58. The van der Waals surface area contributed by atoms with E-state index in [1.807, 2.05) is 30.3 Å². The van der Waals surface area contributed by atoms with Gasteiger partial charge in [0.15, 0.2) is 0 Å². The van der Waals surface area contributed by atoms with Gasteiger partial charge in [-0.15, -0.1) is 0 Å². The summed E-state index contributed by atoms with van der Waals surface area (Å²) in [5.41, 5.74) is -2.73. The third-order valence-electron chi connectivity index (χ3n) is 5.53. The minimum atomic E-state index is -4.29. The molecule has 144 valence electrons. The molecule has 27 heavy (non-hydrogen) atoms. The zero-order valence-electron chi connectivity index (χ0n) is 14.8. The van der Waals surface area contributed by atoms with E-state index < -0.39 is 5.51 Å². The first-order chi connectivity index (χ1) is 13.0. The first-order valence-electron chi connectivity index (χ1n) is 9.24. The van der Waals surface area contributed by atoms with Gasteiger partial charge in [0.25, 0.3) is 0 Å². The van der Waals surface area contributed by atoms with Crippen LogP contribution in [0.1, 0.15) is 42.3 Å². The second-order valence-electron chi connectivity index (χ2n) is 7.26. The summed E-state index contributed by atoms with van der Waals surface area (Å²) in [6.45, 7) is 1.39. The van der Waals surface area contributed by atoms with Crippen molar-refractivity contribution in [1.82, 2.24) is 5.32 Å². The van der Waals surface area contributed by atoms with E-state index in [4.69, 9.17) is 4.74 Å². The first kappa shape index (κ1) is 18.8. The lowest BCUT2D eigenvalue weighted by Gasteiger charge is -2.41. The third-order valence-corrected chi connectivity index (χ3v) is 6.36. The van der Waals surface area contributed by atoms with Gasteiger partial charge in [0.1, 0.15) is 0 Å². The van der Waals surface area contributed by atoms with Crippen LogP contribution in [0.4, 0.5) is 13.2 Å². The number of piperidine rings is 1. The molecule has 0 unspecified atom stereocenters. The van der Waals surface area contributed by atoms with Crippen molar-refractivity contribution in [3.8, 4) is 0 Å². The molecule has 3 atom stereocenters. The fourth-order valence-electron chi connectivity index (χ4n) is 4.44. The molecule has 0 amide bonds. The zero-order chi connectivity index (χ0) is 18.9. The van der Waals surface area contributed by atoms with Gasteiger partial charge in [-0.2, -0.15) is 13.2 Å². The average Bonchev–Trinajstić information content (AvgIpc) is 3.06. The quantitative estimate of drug-likeness (QED) is 0.680. The Hall–Kier alpha value is -1.50. The van der Waals surface area contributed by atoms with Crippen LogP contribution in [0.2, 0.25) is 0 Å². The van der Waals surface area contributed by atoms with Gasteiger partial charge in [0.2, 0.25) is 0 Å². The maximum atomic E-state index is 13.0. The van der Waals surface area contributed by atoms with Gasteiger partial charge >= 0.3 is 5.51 Å². The van der Waals surface area contributed by atoms with Gasteiger partial charge in [-0.25, -0.2) is 0 Å². The van der Waals surface area contributed by atoms with Crippen molar-refractivity contribution in [2.45, 2.75) is 47.2 Å². The fourth-order valence-corrected chi connectivity index (χ4v) is 5.19. The molecule has 1 spiro atoms. The summed E-state index contributed by atoms with van der Waals surface area (Å²) in [5.74, 6) is -0.0258. The number of ether oxygens (including phenoxy) is 1. The molecule has 0 saturated carbocycles. The number of benzene rings is 2. The van der Waals surface area contributed by atoms with Crippen LogP contribution in [0.25, 0.3) is 0 Å². The molecule has 0 bridgehead atoms. The highest BCUT2D eigenvalue weighted by Gasteiger charge is 2.49. The SMILES string of the molecule is FC(F)(F)Sc1ccccc1[C@H]1CO[C@]2(CCCN[C@H]2c2ccccc2)C1. The standard InChI is InChI=1S/C21H22F3NOS/c22-21(23,24)27-18-10-5-4-9-17(18)16-13-20(26-14-16)11-6-12-25-19(20)15-7-2-1-3-8-15/h1-5,7-10,16,19,25H,6,11-14H2/t16-,19+,20-/m1/s1. The summed E-state index contributed by atoms with van der Waals surface area (Å²) in [7, 11) is 0. The van der Waals surface area contributed by atoms with Gasteiger partial charge in [0.05, 0.1) is 18.2 Å². The molecule has 2 saturated heterocycles. The number of hydrogen-bond acceptors (Lipinski definition) is 3. The van der Waals surface area contributed by atoms with Gasteiger partial charge < -0.3 is 10.1 Å². The molecule has 2 aromatic rings. The Balaban J connectivity index is 1.61. The molecule has 2 heterocycles. The minimum absolute atomic E-state index is 0.0247. The number of hydrogen-bond donors (Lipinski definition) is 1. The molecule has 2 aliphatic rings. The smallest absolute Gasteiger partial charge is 0.372 e. The molecule has 0 aliphatic carbocycles. The number of rotatable bonds is 3. The van der Waals surface area contributed by atoms with E-state index in [2.05, 4.69) is 17.4 Å². The molecule has 1 N–H and O–H groups in total. The molecule has 4 rings (SSSR count). The number of alkyl halides is 3. The molecule has 6 heteroatoms. The lowest BCUT2D eigenvalue weighted by molar-refractivity contribution is -0.0484. The van der Waals surface area contributed by atoms with E-state index >= 15 is 0 Å². The number of halogens is 3. The maximum absolute atomic E-state index is 13.0. The summed E-state index contributed by atoms with van der Waals surface area (Å²) in [6, 6.07) is 17.1.